The van der Waals surface area contributed by atoms with Gasteiger partial charge in [-0.05, 0) is 36.6 Å². The number of primary amides is 1. The highest BCUT2D eigenvalue weighted by Crippen LogP contribution is 2.12. The van der Waals surface area contributed by atoms with Crippen molar-refractivity contribution in [2.45, 2.75) is 26.7 Å². The van der Waals surface area contributed by atoms with Gasteiger partial charge in [0, 0.05) is 30.8 Å². The summed E-state index contributed by atoms with van der Waals surface area (Å²) in [6, 6.07) is 5.61. The molecule has 1 atom stereocenters. The normalized spacial score (nSPS) is 11.5. The van der Waals surface area contributed by atoms with Crippen LogP contribution in [0.15, 0.2) is 24.3 Å². The number of urea groups is 1. The number of hydrogen-bond acceptors (Lipinski definition) is 4. The van der Waals surface area contributed by atoms with Gasteiger partial charge in [-0.3, -0.25) is 14.4 Å². The number of nitrogens with two attached hydrogens (primary N) is 1. The van der Waals surface area contributed by atoms with Crippen molar-refractivity contribution < 1.29 is 24.3 Å². The summed E-state index contributed by atoms with van der Waals surface area (Å²) in [7, 11) is 0. The van der Waals surface area contributed by atoms with Crippen LogP contribution in [0.2, 0.25) is 0 Å². The molecular formula is C18H26N4O5. The Kier molecular flexibility index (Phi) is 8.77. The van der Waals surface area contributed by atoms with Crippen LogP contribution >= 0.6 is 0 Å². The maximum atomic E-state index is 11.9. The van der Waals surface area contributed by atoms with E-state index in [0.717, 1.165) is 0 Å². The number of carbonyl (C=O) groups is 4. The summed E-state index contributed by atoms with van der Waals surface area (Å²) in [6.45, 7) is 4.01. The van der Waals surface area contributed by atoms with Crippen molar-refractivity contribution in [1.29, 1.82) is 0 Å². The number of rotatable bonds is 10. The lowest BCUT2D eigenvalue weighted by Gasteiger charge is -2.15. The molecule has 0 fully saturated rings. The lowest BCUT2D eigenvalue weighted by atomic mass is 9.97. The van der Waals surface area contributed by atoms with Gasteiger partial charge in [0.25, 0.3) is 5.91 Å². The van der Waals surface area contributed by atoms with Crippen molar-refractivity contribution in [3.63, 3.8) is 0 Å². The summed E-state index contributed by atoms with van der Waals surface area (Å²) >= 11 is 0. The van der Waals surface area contributed by atoms with Crippen molar-refractivity contribution in [3.05, 3.63) is 29.8 Å². The van der Waals surface area contributed by atoms with E-state index >= 15 is 0 Å². The first kappa shape index (κ1) is 21.9. The highest BCUT2D eigenvalue weighted by molar-refractivity contribution is 5.95. The predicted molar refractivity (Wildman–Crippen MR) is 100 cm³/mol. The molecule has 4 amide bonds. The number of aliphatic carboxylic acids is 1. The molecule has 1 rings (SSSR count). The van der Waals surface area contributed by atoms with Gasteiger partial charge in [0.15, 0.2) is 0 Å². The van der Waals surface area contributed by atoms with E-state index in [-0.39, 0.29) is 31.3 Å². The molecule has 0 spiro atoms. The number of nitrogens with one attached hydrogen (secondary N) is 3. The minimum Gasteiger partial charge on any atom is -0.481 e. The minimum absolute atomic E-state index is 0.0275. The Labute approximate surface area is 157 Å². The van der Waals surface area contributed by atoms with Crippen molar-refractivity contribution in [3.8, 4) is 0 Å². The van der Waals surface area contributed by atoms with E-state index in [0.29, 0.717) is 17.7 Å². The number of carboxylic acids is 1. The third kappa shape index (κ3) is 8.70. The van der Waals surface area contributed by atoms with Crippen LogP contribution in [0, 0.1) is 11.8 Å². The molecule has 148 valence electrons. The van der Waals surface area contributed by atoms with Crippen LogP contribution in [0.25, 0.3) is 0 Å². The van der Waals surface area contributed by atoms with E-state index in [9.17, 15) is 19.2 Å². The molecule has 9 nitrogen and oxygen atoms in total. The lowest BCUT2D eigenvalue weighted by Crippen LogP contribution is -2.36. The zero-order chi connectivity index (χ0) is 20.4. The molecule has 6 N–H and O–H groups in total. The third-order valence-corrected chi connectivity index (χ3v) is 3.68. The monoisotopic (exact) mass is 378 g/mol. The molecule has 0 saturated carbocycles. The molecular weight excluding hydrogens is 352 g/mol. The van der Waals surface area contributed by atoms with Crippen LogP contribution in [0.4, 0.5) is 10.5 Å². The quantitative estimate of drug-likeness (QED) is 0.414. The van der Waals surface area contributed by atoms with Gasteiger partial charge in [-0.15, -0.1) is 0 Å². The molecule has 0 radical (unpaired) electrons. The SMILES string of the molecule is CC(C)CC(CNC(=O)Nc1ccc(C(=O)NCCC(N)=O)cc1)C(=O)O. The van der Waals surface area contributed by atoms with Gasteiger partial charge >= 0.3 is 12.0 Å². The molecule has 27 heavy (non-hydrogen) atoms. The molecule has 0 aliphatic heterocycles. The second kappa shape index (κ2) is 10.8. The summed E-state index contributed by atoms with van der Waals surface area (Å²) in [6.07, 6.45) is 0.523. The van der Waals surface area contributed by atoms with Gasteiger partial charge in [0.05, 0.1) is 5.92 Å². The van der Waals surface area contributed by atoms with Crippen LogP contribution in [0.5, 0.6) is 0 Å². The second-order valence-corrected chi connectivity index (χ2v) is 6.55. The molecule has 0 heterocycles. The van der Waals surface area contributed by atoms with Crippen molar-refractivity contribution in [2.75, 3.05) is 18.4 Å². The van der Waals surface area contributed by atoms with Crippen molar-refractivity contribution in [1.82, 2.24) is 10.6 Å². The number of amides is 4. The first-order valence-corrected chi connectivity index (χ1v) is 8.63. The topological polar surface area (TPSA) is 151 Å². The highest BCUT2D eigenvalue weighted by atomic mass is 16.4. The fourth-order valence-corrected chi connectivity index (χ4v) is 2.34. The van der Waals surface area contributed by atoms with E-state index in [1.807, 2.05) is 13.8 Å². The number of anilines is 1. The molecule has 0 saturated heterocycles. The van der Waals surface area contributed by atoms with Crippen LogP contribution in [-0.2, 0) is 9.59 Å². The summed E-state index contributed by atoms with van der Waals surface area (Å²) < 4.78 is 0. The Morgan fingerprint density at radius 2 is 1.70 bits per heavy atom. The van der Waals surface area contributed by atoms with Gasteiger partial charge in [-0.1, -0.05) is 13.8 Å². The Bertz CT molecular complexity index is 673. The van der Waals surface area contributed by atoms with Gasteiger partial charge < -0.3 is 26.8 Å². The molecule has 1 unspecified atom stereocenters. The Hall–Kier alpha value is -3.10. The van der Waals surface area contributed by atoms with Gasteiger partial charge in [-0.25, -0.2) is 4.79 Å². The minimum atomic E-state index is -0.948. The maximum absolute atomic E-state index is 11.9. The summed E-state index contributed by atoms with van der Waals surface area (Å²) in [5, 5.41) is 16.8. The summed E-state index contributed by atoms with van der Waals surface area (Å²) in [5.74, 6) is -2.25. The zero-order valence-electron chi connectivity index (χ0n) is 15.5. The maximum Gasteiger partial charge on any atom is 0.319 e. The van der Waals surface area contributed by atoms with Crippen LogP contribution in [0.3, 0.4) is 0 Å². The number of carboxylic acid groups (broad SMARTS) is 1. The van der Waals surface area contributed by atoms with E-state index in [2.05, 4.69) is 16.0 Å². The van der Waals surface area contributed by atoms with Gasteiger partial charge in [0.1, 0.15) is 0 Å². The van der Waals surface area contributed by atoms with Crippen LogP contribution in [0.1, 0.15) is 37.0 Å². The molecule has 1 aromatic carbocycles. The first-order valence-electron chi connectivity index (χ1n) is 8.63. The molecule has 0 aliphatic carbocycles. The average molecular weight is 378 g/mol. The van der Waals surface area contributed by atoms with Crippen LogP contribution in [-0.4, -0.2) is 42.0 Å². The Morgan fingerprint density at radius 3 is 2.22 bits per heavy atom. The molecule has 0 bridgehead atoms. The van der Waals surface area contributed by atoms with E-state index in [1.54, 1.807) is 12.1 Å². The highest BCUT2D eigenvalue weighted by Gasteiger charge is 2.19. The fourth-order valence-electron chi connectivity index (χ4n) is 2.34. The molecule has 1 aromatic rings. The van der Waals surface area contributed by atoms with E-state index in [1.165, 1.54) is 12.1 Å². The average Bonchev–Trinajstić information content (AvgIpc) is 2.58. The Morgan fingerprint density at radius 1 is 1.07 bits per heavy atom. The molecule has 0 aliphatic rings. The van der Waals surface area contributed by atoms with E-state index < -0.39 is 23.8 Å². The van der Waals surface area contributed by atoms with Crippen molar-refractivity contribution in [2.24, 2.45) is 17.6 Å². The number of hydrogen-bond donors (Lipinski definition) is 5. The predicted octanol–water partition coefficient (Wildman–Crippen LogP) is 1.16. The van der Waals surface area contributed by atoms with Gasteiger partial charge in [0.2, 0.25) is 5.91 Å². The smallest absolute Gasteiger partial charge is 0.319 e. The zero-order valence-corrected chi connectivity index (χ0v) is 15.5. The van der Waals surface area contributed by atoms with Crippen LogP contribution < -0.4 is 21.7 Å². The standard InChI is InChI=1S/C18H26N4O5/c1-11(2)9-13(17(25)26)10-21-18(27)22-14-5-3-12(4-6-14)16(24)20-8-7-15(19)23/h3-6,11,13H,7-10H2,1-2H3,(H2,19,23)(H,20,24)(H,25,26)(H2,21,22,27). The fraction of sp³-hybridized carbons (Fsp3) is 0.444. The second-order valence-electron chi connectivity index (χ2n) is 6.55. The largest absolute Gasteiger partial charge is 0.481 e. The van der Waals surface area contributed by atoms with Gasteiger partial charge in [-0.2, -0.15) is 0 Å². The number of carbonyl (C=O) groups excluding carboxylic acids is 3. The molecule has 0 aromatic heterocycles. The number of benzene rings is 1. The van der Waals surface area contributed by atoms with Crippen molar-refractivity contribution >= 4 is 29.5 Å². The summed E-state index contributed by atoms with van der Waals surface area (Å²) in [5.41, 5.74) is 5.82. The first-order chi connectivity index (χ1) is 12.7. The summed E-state index contributed by atoms with van der Waals surface area (Å²) in [4.78, 5) is 45.6. The van der Waals surface area contributed by atoms with E-state index in [4.69, 9.17) is 10.8 Å². The lowest BCUT2D eigenvalue weighted by molar-refractivity contribution is -0.142. The molecule has 9 heteroatoms. The Balaban J connectivity index is 2.49. The third-order valence-electron chi connectivity index (χ3n) is 3.68.